The molecule has 7 heteroatoms. The summed E-state index contributed by atoms with van der Waals surface area (Å²) in [7, 11) is 3.24. The number of hydrogen-bond acceptors (Lipinski definition) is 5. The number of aryl methyl sites for hydroxylation is 2. The van der Waals surface area contributed by atoms with Crippen LogP contribution in [0.15, 0.2) is 0 Å². The number of ether oxygens (including phenoxy) is 1. The summed E-state index contributed by atoms with van der Waals surface area (Å²) < 4.78 is 6.48. The molecule has 0 aromatic carbocycles. The summed E-state index contributed by atoms with van der Waals surface area (Å²) in [5.41, 5.74) is 2.50. The SMILES string of the molecule is COC(=O)C1CCN(CC(=O)Nc2c(C)nn(C)c2C)C1. The Hall–Kier alpha value is -1.89. The van der Waals surface area contributed by atoms with Gasteiger partial charge in [0.15, 0.2) is 0 Å². The van der Waals surface area contributed by atoms with Gasteiger partial charge >= 0.3 is 5.97 Å². The van der Waals surface area contributed by atoms with Crippen LogP contribution in [0.25, 0.3) is 0 Å². The highest BCUT2D eigenvalue weighted by Gasteiger charge is 2.30. The maximum Gasteiger partial charge on any atom is 0.310 e. The van der Waals surface area contributed by atoms with E-state index in [0.29, 0.717) is 6.54 Å². The fourth-order valence-electron chi connectivity index (χ4n) is 2.67. The maximum atomic E-state index is 12.1. The van der Waals surface area contributed by atoms with Crippen LogP contribution in [0.3, 0.4) is 0 Å². The van der Waals surface area contributed by atoms with E-state index in [0.717, 1.165) is 30.0 Å². The molecule has 1 saturated heterocycles. The average molecular weight is 294 g/mol. The molecule has 0 aliphatic carbocycles. The molecule has 21 heavy (non-hydrogen) atoms. The zero-order chi connectivity index (χ0) is 15.6. The number of esters is 1. The monoisotopic (exact) mass is 294 g/mol. The lowest BCUT2D eigenvalue weighted by molar-refractivity contribution is -0.145. The highest BCUT2D eigenvalue weighted by Crippen LogP contribution is 2.20. The van der Waals surface area contributed by atoms with Gasteiger partial charge < -0.3 is 10.1 Å². The van der Waals surface area contributed by atoms with Gasteiger partial charge in [0.1, 0.15) is 0 Å². The second-order valence-corrected chi connectivity index (χ2v) is 5.46. The number of likely N-dealkylation sites (tertiary alicyclic amines) is 1. The van der Waals surface area contributed by atoms with Gasteiger partial charge in [-0.05, 0) is 26.8 Å². The molecule has 7 nitrogen and oxygen atoms in total. The van der Waals surface area contributed by atoms with Crippen molar-refractivity contribution in [3.63, 3.8) is 0 Å². The highest BCUT2D eigenvalue weighted by atomic mass is 16.5. The van der Waals surface area contributed by atoms with Crippen molar-refractivity contribution in [1.82, 2.24) is 14.7 Å². The first kappa shape index (κ1) is 15.5. The van der Waals surface area contributed by atoms with Crippen LogP contribution in [0.5, 0.6) is 0 Å². The van der Waals surface area contributed by atoms with Crippen molar-refractivity contribution in [2.24, 2.45) is 13.0 Å². The van der Waals surface area contributed by atoms with E-state index >= 15 is 0 Å². The third-order valence-electron chi connectivity index (χ3n) is 3.95. The molecule has 116 valence electrons. The molecular formula is C14H22N4O3. The zero-order valence-electron chi connectivity index (χ0n) is 13.0. The van der Waals surface area contributed by atoms with Gasteiger partial charge in [-0.2, -0.15) is 5.10 Å². The molecule has 0 bridgehead atoms. The highest BCUT2D eigenvalue weighted by molar-refractivity contribution is 5.93. The Kier molecular flexibility index (Phi) is 4.62. The van der Waals surface area contributed by atoms with E-state index in [1.807, 2.05) is 25.8 Å². The van der Waals surface area contributed by atoms with E-state index in [4.69, 9.17) is 4.74 Å². The standard InChI is InChI=1S/C14H22N4O3/c1-9-13(10(2)17(3)16-9)15-12(19)8-18-6-5-11(7-18)14(20)21-4/h11H,5-8H2,1-4H3,(H,15,19). The number of hydrogen-bond donors (Lipinski definition) is 1. The first-order valence-electron chi connectivity index (χ1n) is 7.02. The lowest BCUT2D eigenvalue weighted by atomic mass is 10.1. The quantitative estimate of drug-likeness (QED) is 0.817. The Morgan fingerprint density at radius 1 is 1.43 bits per heavy atom. The fraction of sp³-hybridized carbons (Fsp3) is 0.643. The molecule has 1 N–H and O–H groups in total. The Bertz CT molecular complexity index is 553. The number of aromatic nitrogens is 2. The van der Waals surface area contributed by atoms with Gasteiger partial charge in [0.05, 0.1) is 36.6 Å². The third kappa shape index (κ3) is 3.41. The molecule has 1 aromatic heterocycles. The number of carbonyl (C=O) groups is 2. The first-order valence-corrected chi connectivity index (χ1v) is 7.02. The van der Waals surface area contributed by atoms with Gasteiger partial charge in [-0.3, -0.25) is 19.2 Å². The minimum Gasteiger partial charge on any atom is -0.469 e. The lowest BCUT2D eigenvalue weighted by Crippen LogP contribution is -2.32. The van der Waals surface area contributed by atoms with E-state index in [9.17, 15) is 9.59 Å². The average Bonchev–Trinajstić information content (AvgIpc) is 2.99. The second kappa shape index (κ2) is 6.26. The Morgan fingerprint density at radius 2 is 2.14 bits per heavy atom. The maximum absolute atomic E-state index is 12.1. The molecular weight excluding hydrogens is 272 g/mol. The number of carbonyl (C=O) groups excluding carboxylic acids is 2. The molecule has 1 aromatic rings. The second-order valence-electron chi connectivity index (χ2n) is 5.46. The van der Waals surface area contributed by atoms with Crippen LogP contribution >= 0.6 is 0 Å². The van der Waals surface area contributed by atoms with E-state index in [-0.39, 0.29) is 24.3 Å². The van der Waals surface area contributed by atoms with E-state index < -0.39 is 0 Å². The molecule has 1 aliphatic heterocycles. The number of amides is 1. The Morgan fingerprint density at radius 3 is 2.71 bits per heavy atom. The van der Waals surface area contributed by atoms with E-state index in [2.05, 4.69) is 10.4 Å². The molecule has 0 saturated carbocycles. The minimum atomic E-state index is -0.197. The summed E-state index contributed by atoms with van der Waals surface area (Å²) in [5, 5.41) is 7.17. The van der Waals surface area contributed by atoms with Crippen molar-refractivity contribution < 1.29 is 14.3 Å². The van der Waals surface area contributed by atoms with Crippen LogP contribution in [-0.2, 0) is 21.4 Å². The number of nitrogens with one attached hydrogen (secondary N) is 1. The number of anilines is 1. The van der Waals surface area contributed by atoms with Crippen molar-refractivity contribution >= 4 is 17.6 Å². The van der Waals surface area contributed by atoms with Gasteiger partial charge in [-0.25, -0.2) is 0 Å². The van der Waals surface area contributed by atoms with Crippen molar-refractivity contribution in [1.29, 1.82) is 0 Å². The molecule has 2 rings (SSSR count). The van der Waals surface area contributed by atoms with Crippen LogP contribution in [0, 0.1) is 19.8 Å². The topological polar surface area (TPSA) is 76.5 Å². The van der Waals surface area contributed by atoms with Crippen molar-refractivity contribution in [3.8, 4) is 0 Å². The zero-order valence-corrected chi connectivity index (χ0v) is 13.0. The minimum absolute atomic E-state index is 0.0836. The molecule has 1 aliphatic rings. The molecule has 1 fully saturated rings. The van der Waals surface area contributed by atoms with Gasteiger partial charge in [0, 0.05) is 13.6 Å². The summed E-state index contributed by atoms with van der Waals surface area (Å²) in [6, 6.07) is 0. The molecule has 1 unspecified atom stereocenters. The normalized spacial score (nSPS) is 18.8. The van der Waals surface area contributed by atoms with Crippen LogP contribution < -0.4 is 5.32 Å². The molecule has 1 amide bonds. The molecule has 0 radical (unpaired) electrons. The van der Waals surface area contributed by atoms with Gasteiger partial charge in [-0.1, -0.05) is 0 Å². The number of rotatable bonds is 4. The summed E-state index contributed by atoms with van der Waals surface area (Å²) in [6.07, 6.45) is 0.741. The Balaban J connectivity index is 1.90. The molecule has 1 atom stereocenters. The lowest BCUT2D eigenvalue weighted by Gasteiger charge is -2.15. The number of nitrogens with zero attached hydrogens (tertiary/aromatic N) is 3. The van der Waals surface area contributed by atoms with Crippen LogP contribution in [-0.4, -0.2) is 53.3 Å². The first-order chi connectivity index (χ1) is 9.92. The smallest absolute Gasteiger partial charge is 0.310 e. The third-order valence-corrected chi connectivity index (χ3v) is 3.95. The van der Waals surface area contributed by atoms with Gasteiger partial charge in [0.2, 0.25) is 5.91 Å². The van der Waals surface area contributed by atoms with Gasteiger partial charge in [0.25, 0.3) is 0 Å². The van der Waals surface area contributed by atoms with Crippen molar-refractivity contribution in [2.75, 3.05) is 32.1 Å². The predicted molar refractivity (Wildman–Crippen MR) is 77.9 cm³/mol. The molecule has 0 spiro atoms. The van der Waals surface area contributed by atoms with Crippen LogP contribution in [0.4, 0.5) is 5.69 Å². The van der Waals surface area contributed by atoms with Crippen LogP contribution in [0.2, 0.25) is 0 Å². The summed E-state index contributed by atoms with van der Waals surface area (Å²) in [4.78, 5) is 25.6. The van der Waals surface area contributed by atoms with Gasteiger partial charge in [-0.15, -0.1) is 0 Å². The number of methoxy groups -OCH3 is 1. The van der Waals surface area contributed by atoms with E-state index in [1.54, 1.807) is 4.68 Å². The largest absolute Gasteiger partial charge is 0.469 e. The van der Waals surface area contributed by atoms with Crippen molar-refractivity contribution in [3.05, 3.63) is 11.4 Å². The van der Waals surface area contributed by atoms with Crippen molar-refractivity contribution in [2.45, 2.75) is 20.3 Å². The van der Waals surface area contributed by atoms with Crippen LogP contribution in [0.1, 0.15) is 17.8 Å². The summed E-state index contributed by atoms with van der Waals surface area (Å²) >= 11 is 0. The Labute approximate surface area is 124 Å². The summed E-state index contributed by atoms with van der Waals surface area (Å²) in [5.74, 6) is -0.402. The molecule has 2 heterocycles. The summed E-state index contributed by atoms with van der Waals surface area (Å²) in [6.45, 7) is 5.37. The predicted octanol–water partition coefficient (Wildman–Crippen LogP) is 0.470. The van der Waals surface area contributed by atoms with E-state index in [1.165, 1.54) is 7.11 Å². The fourth-order valence-corrected chi connectivity index (χ4v) is 2.67.